The first kappa shape index (κ1) is 14.9. The number of piperazine rings is 1. The maximum Gasteiger partial charge on any atom is 0.142 e. The molecule has 21 heavy (non-hydrogen) atoms. The van der Waals surface area contributed by atoms with Crippen LogP contribution < -0.4 is 5.32 Å². The predicted octanol–water partition coefficient (Wildman–Crippen LogP) is 2.75. The summed E-state index contributed by atoms with van der Waals surface area (Å²) in [6, 6.07) is 2.53. The summed E-state index contributed by atoms with van der Waals surface area (Å²) in [6.45, 7) is 5.47. The summed E-state index contributed by atoms with van der Waals surface area (Å²) >= 11 is 0. The molecule has 1 atom stereocenters. The van der Waals surface area contributed by atoms with Crippen LogP contribution in [0.4, 0.5) is 0 Å². The van der Waals surface area contributed by atoms with E-state index in [1.807, 2.05) is 18.5 Å². The molecule has 4 heteroatoms. The number of rotatable bonds is 4. The van der Waals surface area contributed by atoms with Gasteiger partial charge in [0.05, 0.1) is 6.54 Å². The van der Waals surface area contributed by atoms with E-state index in [1.54, 1.807) is 0 Å². The van der Waals surface area contributed by atoms with Gasteiger partial charge in [0.25, 0.3) is 0 Å². The lowest BCUT2D eigenvalue weighted by Gasteiger charge is -2.49. The molecule has 1 N–H and O–H groups in total. The van der Waals surface area contributed by atoms with Gasteiger partial charge >= 0.3 is 0 Å². The molecule has 2 fully saturated rings. The monoisotopic (exact) mass is 288 g/mol. The maximum atomic E-state index is 4.43. The first-order valence-corrected chi connectivity index (χ1v) is 8.56. The second-order valence-corrected chi connectivity index (χ2v) is 6.73. The number of hydrogen-bond acceptors (Lipinski definition) is 4. The van der Waals surface area contributed by atoms with Crippen LogP contribution in [-0.4, -0.2) is 39.5 Å². The average molecular weight is 288 g/mol. The van der Waals surface area contributed by atoms with E-state index >= 15 is 0 Å². The molecule has 2 aliphatic rings. The highest BCUT2D eigenvalue weighted by Crippen LogP contribution is 2.32. The molecule has 2 heterocycles. The normalized spacial score (nSPS) is 26.0. The standard InChI is InChI=1S/C17H28N4/c1-2-7-15-12-20-17(8-4-3-5-9-17)14-21(15)13-16-18-10-6-11-19-16/h6,10-11,15,20H,2-5,7-9,12-14H2,1H3. The molecule has 3 rings (SSSR count). The second-order valence-electron chi connectivity index (χ2n) is 6.73. The number of nitrogens with one attached hydrogen (secondary N) is 1. The number of hydrogen-bond donors (Lipinski definition) is 1. The first-order chi connectivity index (χ1) is 10.3. The molecule has 116 valence electrons. The van der Waals surface area contributed by atoms with Crippen molar-refractivity contribution < 1.29 is 0 Å². The van der Waals surface area contributed by atoms with Gasteiger partial charge in [-0.05, 0) is 25.3 Å². The van der Waals surface area contributed by atoms with Gasteiger partial charge in [-0.25, -0.2) is 9.97 Å². The molecular weight excluding hydrogens is 260 g/mol. The first-order valence-electron chi connectivity index (χ1n) is 8.56. The Bertz CT molecular complexity index is 428. The Morgan fingerprint density at radius 2 is 2.00 bits per heavy atom. The number of nitrogens with zero attached hydrogens (tertiary/aromatic N) is 3. The van der Waals surface area contributed by atoms with E-state index < -0.39 is 0 Å². The Balaban J connectivity index is 1.71. The summed E-state index contributed by atoms with van der Waals surface area (Å²) in [5.41, 5.74) is 0.358. The third-order valence-electron chi connectivity index (χ3n) is 5.13. The van der Waals surface area contributed by atoms with Crippen LogP contribution in [0.1, 0.15) is 57.7 Å². The molecule has 0 bridgehead atoms. The highest BCUT2D eigenvalue weighted by atomic mass is 15.3. The summed E-state index contributed by atoms with van der Waals surface area (Å²) < 4.78 is 0. The highest BCUT2D eigenvalue weighted by Gasteiger charge is 2.39. The summed E-state index contributed by atoms with van der Waals surface area (Å²) in [6.07, 6.45) is 13.0. The molecule has 1 aromatic heterocycles. The fraction of sp³-hybridized carbons (Fsp3) is 0.765. The quantitative estimate of drug-likeness (QED) is 0.925. The zero-order valence-corrected chi connectivity index (χ0v) is 13.2. The van der Waals surface area contributed by atoms with E-state index in [2.05, 4.69) is 27.1 Å². The lowest BCUT2D eigenvalue weighted by atomic mass is 9.79. The SMILES string of the molecule is CCCC1CNC2(CCCCC2)CN1Cc1ncccn1. The van der Waals surface area contributed by atoms with E-state index in [9.17, 15) is 0 Å². The van der Waals surface area contributed by atoms with Crippen LogP contribution in [0.2, 0.25) is 0 Å². The Kier molecular flexibility index (Phi) is 4.86. The molecule has 4 nitrogen and oxygen atoms in total. The molecule has 0 aromatic carbocycles. The van der Waals surface area contributed by atoms with Crippen molar-refractivity contribution in [1.29, 1.82) is 0 Å². The third kappa shape index (κ3) is 3.61. The largest absolute Gasteiger partial charge is 0.308 e. The Hall–Kier alpha value is -1.00. The van der Waals surface area contributed by atoms with Gasteiger partial charge in [0, 0.05) is 37.1 Å². The maximum absolute atomic E-state index is 4.43. The van der Waals surface area contributed by atoms with E-state index in [1.165, 1.54) is 44.9 Å². The van der Waals surface area contributed by atoms with Crippen molar-refractivity contribution in [2.45, 2.75) is 70.0 Å². The van der Waals surface area contributed by atoms with Crippen LogP contribution in [-0.2, 0) is 6.54 Å². The van der Waals surface area contributed by atoms with Gasteiger partial charge in [-0.2, -0.15) is 0 Å². The van der Waals surface area contributed by atoms with Crippen LogP contribution in [0, 0.1) is 0 Å². The zero-order chi connectivity index (χ0) is 14.5. The van der Waals surface area contributed by atoms with Crippen LogP contribution in [0.25, 0.3) is 0 Å². The van der Waals surface area contributed by atoms with Gasteiger partial charge in [0.15, 0.2) is 0 Å². The summed E-state index contributed by atoms with van der Waals surface area (Å²) in [4.78, 5) is 11.5. The second kappa shape index (κ2) is 6.84. The molecule has 1 saturated heterocycles. The van der Waals surface area contributed by atoms with Crippen molar-refractivity contribution in [3.05, 3.63) is 24.3 Å². The Morgan fingerprint density at radius 3 is 2.71 bits per heavy atom. The van der Waals surface area contributed by atoms with Crippen molar-refractivity contribution in [2.24, 2.45) is 0 Å². The van der Waals surface area contributed by atoms with Gasteiger partial charge in [-0.1, -0.05) is 32.6 Å². The molecule has 1 aliphatic carbocycles. The van der Waals surface area contributed by atoms with Gasteiger partial charge in [0.2, 0.25) is 0 Å². The predicted molar refractivity (Wildman–Crippen MR) is 85.0 cm³/mol. The Labute approximate surface area is 128 Å². The van der Waals surface area contributed by atoms with Gasteiger partial charge in [-0.3, -0.25) is 4.90 Å². The van der Waals surface area contributed by atoms with E-state index in [0.29, 0.717) is 11.6 Å². The lowest BCUT2D eigenvalue weighted by Crippen LogP contribution is -2.64. The lowest BCUT2D eigenvalue weighted by molar-refractivity contribution is 0.0443. The number of aromatic nitrogens is 2. The average Bonchev–Trinajstić information content (AvgIpc) is 2.52. The molecule has 1 aromatic rings. The highest BCUT2D eigenvalue weighted by molar-refractivity contribution is 5.01. The van der Waals surface area contributed by atoms with Crippen molar-refractivity contribution in [2.75, 3.05) is 13.1 Å². The topological polar surface area (TPSA) is 41.0 Å². The van der Waals surface area contributed by atoms with Gasteiger partial charge in [0.1, 0.15) is 5.82 Å². The minimum absolute atomic E-state index is 0.358. The van der Waals surface area contributed by atoms with Crippen LogP contribution in [0.3, 0.4) is 0 Å². The summed E-state index contributed by atoms with van der Waals surface area (Å²) in [5, 5.41) is 3.90. The molecule has 0 amide bonds. The van der Waals surface area contributed by atoms with Crippen molar-refractivity contribution >= 4 is 0 Å². The molecule has 1 unspecified atom stereocenters. The van der Waals surface area contributed by atoms with Gasteiger partial charge in [-0.15, -0.1) is 0 Å². The Morgan fingerprint density at radius 1 is 1.24 bits per heavy atom. The van der Waals surface area contributed by atoms with Gasteiger partial charge < -0.3 is 5.32 Å². The summed E-state index contributed by atoms with van der Waals surface area (Å²) in [5.74, 6) is 0.964. The molecular formula is C17H28N4. The van der Waals surface area contributed by atoms with Crippen LogP contribution in [0.5, 0.6) is 0 Å². The van der Waals surface area contributed by atoms with E-state index in [4.69, 9.17) is 0 Å². The fourth-order valence-electron chi connectivity index (χ4n) is 4.00. The molecule has 0 radical (unpaired) electrons. The molecule has 1 aliphatic heterocycles. The van der Waals surface area contributed by atoms with E-state index in [0.717, 1.165) is 25.5 Å². The van der Waals surface area contributed by atoms with Crippen LogP contribution in [0.15, 0.2) is 18.5 Å². The fourth-order valence-corrected chi connectivity index (χ4v) is 4.00. The smallest absolute Gasteiger partial charge is 0.142 e. The van der Waals surface area contributed by atoms with Crippen LogP contribution >= 0.6 is 0 Å². The third-order valence-corrected chi connectivity index (χ3v) is 5.13. The van der Waals surface area contributed by atoms with E-state index in [-0.39, 0.29) is 0 Å². The zero-order valence-electron chi connectivity index (χ0n) is 13.2. The minimum atomic E-state index is 0.358. The minimum Gasteiger partial charge on any atom is -0.308 e. The summed E-state index contributed by atoms with van der Waals surface area (Å²) in [7, 11) is 0. The van der Waals surface area contributed by atoms with Crippen molar-refractivity contribution in [1.82, 2.24) is 20.2 Å². The molecule has 1 spiro atoms. The molecule has 1 saturated carbocycles. The van der Waals surface area contributed by atoms with Crippen molar-refractivity contribution in [3.8, 4) is 0 Å². The van der Waals surface area contributed by atoms with Crippen molar-refractivity contribution in [3.63, 3.8) is 0 Å².